The van der Waals surface area contributed by atoms with Gasteiger partial charge in [0.15, 0.2) is 6.29 Å². The second-order valence-electron chi connectivity index (χ2n) is 12.7. The summed E-state index contributed by atoms with van der Waals surface area (Å²) in [5, 5.41) is 12.6. The molecule has 246 valence electrons. The summed E-state index contributed by atoms with van der Waals surface area (Å²) in [7, 11) is 0. The molecule has 0 aromatic heterocycles. The molecule has 0 radical (unpaired) electrons. The first-order valence-electron chi connectivity index (χ1n) is 16.7. The normalized spacial score (nSPS) is 19.2. The van der Waals surface area contributed by atoms with Crippen molar-refractivity contribution in [2.45, 2.75) is 58.6 Å². The summed E-state index contributed by atoms with van der Waals surface area (Å²) < 4.78 is 13.7. The predicted molar refractivity (Wildman–Crippen MR) is 189 cm³/mol. The highest BCUT2D eigenvalue weighted by Crippen LogP contribution is 2.42. The number of carbonyl (C=O) groups is 1. The Labute approximate surface area is 284 Å². The van der Waals surface area contributed by atoms with E-state index in [1.54, 1.807) is 0 Å². The van der Waals surface area contributed by atoms with Crippen LogP contribution >= 0.6 is 0 Å². The van der Waals surface area contributed by atoms with Crippen LogP contribution in [0.4, 0.5) is 0 Å². The first kappa shape index (κ1) is 33.3. The van der Waals surface area contributed by atoms with E-state index >= 15 is 0 Å². The quantitative estimate of drug-likeness (QED) is 0.145. The molecule has 6 rings (SSSR count). The summed E-state index contributed by atoms with van der Waals surface area (Å²) in [5.41, 5.74) is 8.56. The molecule has 0 unspecified atom stereocenters. The fourth-order valence-electron chi connectivity index (χ4n) is 6.40. The molecule has 1 amide bonds. The van der Waals surface area contributed by atoms with Gasteiger partial charge in [-0.25, -0.2) is 0 Å². The van der Waals surface area contributed by atoms with Crippen molar-refractivity contribution in [3.05, 3.63) is 167 Å². The Hall–Kier alpha value is -4.59. The molecule has 0 bridgehead atoms. The maximum absolute atomic E-state index is 11.5. The van der Waals surface area contributed by atoms with Gasteiger partial charge in [-0.1, -0.05) is 128 Å². The summed E-state index contributed by atoms with van der Waals surface area (Å²) in [5.74, 6) is 0.00773. The van der Waals surface area contributed by atoms with E-state index in [-0.39, 0.29) is 30.6 Å². The largest absolute Gasteiger partial charge is 0.392 e. The lowest BCUT2D eigenvalue weighted by Gasteiger charge is -2.43. The Morgan fingerprint density at radius 2 is 1.29 bits per heavy atom. The van der Waals surface area contributed by atoms with Gasteiger partial charge >= 0.3 is 0 Å². The molecule has 1 aliphatic rings. The minimum absolute atomic E-state index is 0.00244. The second-order valence-corrected chi connectivity index (χ2v) is 12.7. The minimum Gasteiger partial charge on any atom is -0.392 e. The lowest BCUT2D eigenvalue weighted by Crippen LogP contribution is -2.44. The van der Waals surface area contributed by atoms with Crippen molar-refractivity contribution >= 4 is 5.91 Å². The molecule has 6 heteroatoms. The Bertz CT molecular complexity index is 1720. The third-order valence-corrected chi connectivity index (χ3v) is 9.02. The molecular formula is C42H44N2O4. The Balaban J connectivity index is 1.30. The third kappa shape index (κ3) is 8.65. The molecule has 0 saturated carbocycles. The van der Waals surface area contributed by atoms with Gasteiger partial charge in [0, 0.05) is 44.6 Å². The van der Waals surface area contributed by atoms with Gasteiger partial charge in [-0.2, -0.15) is 0 Å². The van der Waals surface area contributed by atoms with Crippen LogP contribution in [-0.2, 0) is 40.5 Å². The lowest BCUT2D eigenvalue weighted by molar-refractivity contribution is -0.276. The van der Waals surface area contributed by atoms with Crippen molar-refractivity contribution in [2.24, 2.45) is 5.92 Å². The summed E-state index contributed by atoms with van der Waals surface area (Å²) in [6.45, 7) is 6.55. The van der Waals surface area contributed by atoms with Crippen LogP contribution in [-0.4, -0.2) is 28.6 Å². The van der Waals surface area contributed by atoms with Gasteiger partial charge in [0.1, 0.15) is 0 Å². The smallest absolute Gasteiger partial charge is 0.217 e. The average molecular weight is 641 g/mol. The fraction of sp³-hybridized carbons (Fsp3) is 0.262. The monoisotopic (exact) mass is 640 g/mol. The topological polar surface area (TPSA) is 71.0 Å². The molecule has 48 heavy (non-hydrogen) atoms. The van der Waals surface area contributed by atoms with Gasteiger partial charge in [-0.15, -0.1) is 0 Å². The van der Waals surface area contributed by atoms with Crippen molar-refractivity contribution in [1.29, 1.82) is 0 Å². The molecule has 2 N–H and O–H groups in total. The van der Waals surface area contributed by atoms with Gasteiger partial charge in [-0.3, -0.25) is 9.69 Å². The van der Waals surface area contributed by atoms with Crippen LogP contribution in [0.1, 0.15) is 59.6 Å². The van der Waals surface area contributed by atoms with E-state index < -0.39 is 6.29 Å². The van der Waals surface area contributed by atoms with E-state index in [2.05, 4.69) is 120 Å². The molecular weight excluding hydrogens is 596 g/mol. The number of carbonyl (C=O) groups excluding carboxylic acids is 1. The minimum atomic E-state index is -0.577. The van der Waals surface area contributed by atoms with Crippen molar-refractivity contribution in [3.8, 4) is 11.1 Å². The highest BCUT2D eigenvalue weighted by atomic mass is 16.7. The molecule has 0 spiro atoms. The number of rotatable bonds is 12. The number of aliphatic hydroxyl groups is 1. The highest BCUT2D eigenvalue weighted by Gasteiger charge is 2.39. The average Bonchev–Trinajstić information content (AvgIpc) is 3.12. The third-order valence-electron chi connectivity index (χ3n) is 9.02. The van der Waals surface area contributed by atoms with Crippen LogP contribution in [0.2, 0.25) is 0 Å². The van der Waals surface area contributed by atoms with Crippen LogP contribution in [0.5, 0.6) is 0 Å². The number of aliphatic hydroxyl groups excluding tert-OH is 1. The number of hydrogen-bond acceptors (Lipinski definition) is 5. The Kier molecular flexibility index (Phi) is 11.1. The number of amides is 1. The molecule has 1 heterocycles. The van der Waals surface area contributed by atoms with Crippen LogP contribution < -0.4 is 5.32 Å². The first-order chi connectivity index (χ1) is 23.4. The van der Waals surface area contributed by atoms with Gasteiger partial charge < -0.3 is 19.9 Å². The van der Waals surface area contributed by atoms with Gasteiger partial charge in [-0.05, 0) is 51.1 Å². The highest BCUT2D eigenvalue weighted by molar-refractivity contribution is 5.73. The molecule has 1 aliphatic heterocycles. The van der Waals surface area contributed by atoms with Gasteiger partial charge in [0.25, 0.3) is 0 Å². The Morgan fingerprint density at radius 1 is 0.688 bits per heavy atom. The molecule has 0 aliphatic carbocycles. The van der Waals surface area contributed by atoms with E-state index in [1.165, 1.54) is 18.1 Å². The maximum atomic E-state index is 11.5. The summed E-state index contributed by atoms with van der Waals surface area (Å²) in [6, 6.07) is 45.8. The van der Waals surface area contributed by atoms with E-state index in [1.807, 2.05) is 30.3 Å². The van der Waals surface area contributed by atoms with Crippen LogP contribution in [0.25, 0.3) is 11.1 Å². The maximum Gasteiger partial charge on any atom is 0.217 e. The number of hydrogen-bond donors (Lipinski definition) is 2. The van der Waals surface area contributed by atoms with Crippen molar-refractivity contribution in [1.82, 2.24) is 10.2 Å². The van der Waals surface area contributed by atoms with Gasteiger partial charge in [0.2, 0.25) is 5.91 Å². The van der Waals surface area contributed by atoms with Crippen LogP contribution in [0.15, 0.2) is 133 Å². The zero-order valence-corrected chi connectivity index (χ0v) is 27.7. The second kappa shape index (κ2) is 16.0. The molecule has 1 saturated heterocycles. The molecule has 1 fully saturated rings. The van der Waals surface area contributed by atoms with Crippen molar-refractivity contribution in [2.75, 3.05) is 6.54 Å². The number of nitrogens with one attached hydrogen (secondary N) is 1. The zero-order chi connectivity index (χ0) is 33.3. The van der Waals surface area contributed by atoms with Gasteiger partial charge in [0.05, 0.1) is 18.8 Å². The van der Waals surface area contributed by atoms with E-state index in [9.17, 15) is 9.90 Å². The van der Waals surface area contributed by atoms with Crippen LogP contribution in [0, 0.1) is 5.92 Å². The van der Waals surface area contributed by atoms with Crippen molar-refractivity contribution < 1.29 is 19.4 Å². The SMILES string of the molecule is CC(=O)NCc1cccc(-c2cccc([C@H]3O[C@@H](CN(Cc4ccccc4)Cc4ccccc4)[C@@H](C)[C@@H](c4ccc(CO)cc4)O3)c2)c1. The molecule has 5 aromatic carbocycles. The fourth-order valence-corrected chi connectivity index (χ4v) is 6.40. The predicted octanol–water partition coefficient (Wildman–Crippen LogP) is 7.98. The lowest BCUT2D eigenvalue weighted by atomic mass is 9.89. The summed E-state index contributed by atoms with van der Waals surface area (Å²) in [6.07, 6.45) is -0.906. The van der Waals surface area contributed by atoms with Crippen molar-refractivity contribution in [3.63, 3.8) is 0 Å². The summed E-state index contributed by atoms with van der Waals surface area (Å²) >= 11 is 0. The molecule has 6 nitrogen and oxygen atoms in total. The molecule has 4 atom stereocenters. The first-order valence-corrected chi connectivity index (χ1v) is 16.7. The number of benzene rings is 5. The molecule has 5 aromatic rings. The van der Waals surface area contributed by atoms with E-state index in [4.69, 9.17) is 9.47 Å². The zero-order valence-electron chi connectivity index (χ0n) is 27.7. The van der Waals surface area contributed by atoms with E-state index in [0.717, 1.165) is 53.0 Å². The van der Waals surface area contributed by atoms with Crippen LogP contribution in [0.3, 0.4) is 0 Å². The summed E-state index contributed by atoms with van der Waals surface area (Å²) in [4.78, 5) is 14.0. The number of nitrogens with zero attached hydrogens (tertiary/aromatic N) is 1. The standard InChI is InChI=1S/C42H44N2O4/c1-30-40(28-44(26-32-11-5-3-6-12-32)27-33-13-7-4-8-14-33)47-42(48-41(30)36-21-19-34(29-45)20-22-36)39-18-10-17-38(24-39)37-16-9-15-35(23-37)25-43-31(2)46/h3-24,30,40-42,45H,25-29H2,1-2H3,(H,43,46)/t30-,40+,41+,42+/m1/s1. The van der Waals surface area contributed by atoms with E-state index in [0.29, 0.717) is 6.54 Å². The number of ether oxygens (including phenoxy) is 2. The Morgan fingerprint density at radius 3 is 1.92 bits per heavy atom.